The third-order valence-electron chi connectivity index (χ3n) is 3.65. The van der Waals surface area contributed by atoms with Crippen molar-refractivity contribution >= 4 is 36.3 Å². The van der Waals surface area contributed by atoms with E-state index < -0.39 is 29.0 Å². The van der Waals surface area contributed by atoms with E-state index in [4.69, 9.17) is 37.2 Å². The molecule has 110 valence electrons. The van der Waals surface area contributed by atoms with Gasteiger partial charge in [0.15, 0.2) is 0 Å². The molecule has 0 radical (unpaired) electrons. The monoisotopic (exact) mass is 310 g/mol. The van der Waals surface area contributed by atoms with Crippen molar-refractivity contribution in [1.82, 2.24) is 0 Å². The minimum absolute atomic E-state index is 0.0718. The molecule has 1 fully saturated rings. The van der Waals surface area contributed by atoms with Crippen LogP contribution in [0.5, 0.6) is 0 Å². The van der Waals surface area contributed by atoms with Crippen LogP contribution in [0.2, 0.25) is 5.82 Å². The molecule has 19 heavy (non-hydrogen) atoms. The van der Waals surface area contributed by atoms with Crippen molar-refractivity contribution in [3.05, 3.63) is 0 Å². The van der Waals surface area contributed by atoms with Crippen molar-refractivity contribution in [1.29, 1.82) is 0 Å². The molecule has 1 unspecified atom stereocenters. The zero-order valence-corrected chi connectivity index (χ0v) is 13.5. The summed E-state index contributed by atoms with van der Waals surface area (Å²) in [6.07, 6.45) is 0.0718. The molecule has 4 nitrogen and oxygen atoms in total. The molecule has 1 aliphatic rings. The number of hydrogen-bond donors (Lipinski definition) is 0. The van der Waals surface area contributed by atoms with Crippen LogP contribution in [0, 0.1) is 0 Å². The molecule has 0 spiro atoms. The van der Waals surface area contributed by atoms with Crippen LogP contribution in [0.15, 0.2) is 0 Å². The van der Waals surface area contributed by atoms with Crippen LogP contribution in [0.1, 0.15) is 41.0 Å². The fourth-order valence-electron chi connectivity index (χ4n) is 1.78. The van der Waals surface area contributed by atoms with Gasteiger partial charge < -0.3 is 14.0 Å². The average Bonchev–Trinajstić information content (AvgIpc) is 2.44. The van der Waals surface area contributed by atoms with Crippen molar-refractivity contribution in [3.8, 4) is 0 Å². The number of carbonyl (C=O) groups is 1. The predicted molar refractivity (Wildman–Crippen MR) is 76.6 cm³/mol. The molecule has 7 heteroatoms. The molecule has 1 atom stereocenters. The second kappa shape index (κ2) is 6.21. The topological polar surface area (TPSA) is 44.8 Å². The van der Waals surface area contributed by atoms with Gasteiger partial charge in [0.1, 0.15) is 4.84 Å². The van der Waals surface area contributed by atoms with E-state index in [1.165, 1.54) is 0 Å². The Hall–Kier alpha value is 0.0349. The summed E-state index contributed by atoms with van der Waals surface area (Å²) in [6.45, 7) is 9.82. The van der Waals surface area contributed by atoms with Gasteiger partial charge in [-0.25, -0.2) is 0 Å². The Balaban J connectivity index is 2.77. The molecule has 1 heterocycles. The Kier molecular flexibility index (Phi) is 5.58. The molecule has 0 aromatic rings. The quantitative estimate of drug-likeness (QED) is 0.444. The largest absolute Gasteiger partial charge is 0.466 e. The van der Waals surface area contributed by atoms with Gasteiger partial charge in [0.05, 0.1) is 17.8 Å². The maximum absolute atomic E-state index is 11.6. The summed E-state index contributed by atoms with van der Waals surface area (Å²) in [7, 11) is -0.616. The van der Waals surface area contributed by atoms with Crippen LogP contribution in [0.4, 0.5) is 0 Å². The highest BCUT2D eigenvalue weighted by molar-refractivity contribution is 6.56. The van der Waals surface area contributed by atoms with Crippen molar-refractivity contribution in [3.63, 3.8) is 0 Å². The molecule has 1 saturated heterocycles. The predicted octanol–water partition coefficient (Wildman–Crippen LogP) is 3.21. The smallest absolute Gasteiger partial charge is 0.464 e. The van der Waals surface area contributed by atoms with E-state index in [9.17, 15) is 4.79 Å². The van der Waals surface area contributed by atoms with E-state index in [-0.39, 0.29) is 12.4 Å². The zero-order chi connectivity index (χ0) is 14.8. The van der Waals surface area contributed by atoms with Crippen molar-refractivity contribution in [2.75, 3.05) is 6.61 Å². The van der Waals surface area contributed by atoms with Gasteiger partial charge in [0.25, 0.3) is 0 Å². The third-order valence-corrected chi connectivity index (χ3v) is 4.30. The van der Waals surface area contributed by atoms with Crippen LogP contribution in [-0.4, -0.2) is 35.7 Å². The van der Waals surface area contributed by atoms with Gasteiger partial charge in [-0.15, -0.1) is 23.2 Å². The van der Waals surface area contributed by atoms with Crippen molar-refractivity contribution in [2.45, 2.75) is 62.9 Å². The van der Waals surface area contributed by atoms with Gasteiger partial charge in [-0.3, -0.25) is 4.79 Å². The van der Waals surface area contributed by atoms with Gasteiger partial charge in [-0.2, -0.15) is 0 Å². The van der Waals surface area contributed by atoms with Gasteiger partial charge in [0.2, 0.25) is 0 Å². The SMILES string of the molecule is CCOC(=O)CC(B1OC(C)(C)C(C)(C)O1)C(Cl)Cl. The number of ether oxygens (including phenoxy) is 1. The number of carbonyl (C=O) groups excluding carboxylic acids is 1. The van der Waals surface area contributed by atoms with E-state index in [1.54, 1.807) is 6.92 Å². The molecule has 1 rings (SSSR count). The highest BCUT2D eigenvalue weighted by Gasteiger charge is 2.55. The summed E-state index contributed by atoms with van der Waals surface area (Å²) >= 11 is 11.9. The Morgan fingerprint density at radius 3 is 2.05 bits per heavy atom. The molecule has 0 bridgehead atoms. The van der Waals surface area contributed by atoms with Gasteiger partial charge in [-0.05, 0) is 34.6 Å². The Morgan fingerprint density at radius 1 is 1.21 bits per heavy atom. The fraction of sp³-hybridized carbons (Fsp3) is 0.917. The fourth-order valence-corrected chi connectivity index (χ4v) is 2.20. The summed E-state index contributed by atoms with van der Waals surface area (Å²) in [5.74, 6) is -0.808. The molecule has 0 aromatic heterocycles. The zero-order valence-electron chi connectivity index (χ0n) is 12.0. The maximum atomic E-state index is 11.6. The third kappa shape index (κ3) is 4.00. The highest BCUT2D eigenvalue weighted by Crippen LogP contribution is 2.43. The number of rotatable bonds is 5. The molecule has 0 amide bonds. The summed E-state index contributed by atoms with van der Waals surface area (Å²) in [4.78, 5) is 10.8. The minimum atomic E-state index is -0.765. The first kappa shape index (κ1) is 17.1. The van der Waals surface area contributed by atoms with Crippen LogP contribution in [-0.2, 0) is 18.8 Å². The normalized spacial score (nSPS) is 22.6. The summed E-state index contributed by atoms with van der Waals surface area (Å²) in [5.41, 5.74) is -0.958. The average molecular weight is 311 g/mol. The lowest BCUT2D eigenvalue weighted by atomic mass is 9.71. The van der Waals surface area contributed by atoms with E-state index in [0.717, 1.165) is 0 Å². The second-order valence-corrected chi connectivity index (χ2v) is 6.80. The van der Waals surface area contributed by atoms with Gasteiger partial charge in [-0.1, -0.05) is 0 Å². The van der Waals surface area contributed by atoms with Crippen molar-refractivity contribution in [2.24, 2.45) is 0 Å². The molecule has 1 aliphatic heterocycles. The van der Waals surface area contributed by atoms with E-state index >= 15 is 0 Å². The van der Waals surface area contributed by atoms with Crippen molar-refractivity contribution < 1.29 is 18.8 Å². The first-order chi connectivity index (χ1) is 8.60. The van der Waals surface area contributed by atoms with E-state index in [1.807, 2.05) is 27.7 Å². The van der Waals surface area contributed by atoms with Crippen LogP contribution in [0.25, 0.3) is 0 Å². The lowest BCUT2D eigenvalue weighted by Gasteiger charge is -2.32. The Morgan fingerprint density at radius 2 is 1.68 bits per heavy atom. The number of hydrogen-bond acceptors (Lipinski definition) is 4. The molecular weight excluding hydrogens is 290 g/mol. The summed E-state index contributed by atoms with van der Waals surface area (Å²) in [6, 6.07) is 0. The van der Waals surface area contributed by atoms with Gasteiger partial charge >= 0.3 is 13.1 Å². The molecular formula is C12H21BCl2O4. The van der Waals surface area contributed by atoms with E-state index in [2.05, 4.69) is 0 Å². The minimum Gasteiger partial charge on any atom is -0.466 e. The lowest BCUT2D eigenvalue weighted by molar-refractivity contribution is -0.143. The first-order valence-corrected chi connectivity index (χ1v) is 7.27. The Labute approximate surface area is 125 Å². The molecule has 0 saturated carbocycles. The number of esters is 1. The second-order valence-electron chi connectivity index (χ2n) is 5.63. The van der Waals surface area contributed by atoms with E-state index in [0.29, 0.717) is 6.61 Å². The molecule has 0 aliphatic carbocycles. The number of alkyl halides is 2. The standard InChI is InChI=1S/C12H21BCl2O4/c1-6-17-9(16)7-8(10(14)15)13-18-11(2,3)12(4,5)19-13/h8,10H,6-7H2,1-5H3. The first-order valence-electron chi connectivity index (χ1n) is 6.40. The number of halogens is 2. The molecule has 0 aromatic carbocycles. The van der Waals surface area contributed by atoms with Gasteiger partial charge in [0, 0.05) is 12.2 Å². The van der Waals surface area contributed by atoms with Crippen LogP contribution in [0.3, 0.4) is 0 Å². The van der Waals surface area contributed by atoms with Crippen LogP contribution >= 0.6 is 23.2 Å². The maximum Gasteiger partial charge on any atom is 0.464 e. The Bertz CT molecular complexity index is 318. The van der Waals surface area contributed by atoms with Crippen LogP contribution < -0.4 is 0 Å². The molecule has 0 N–H and O–H groups in total. The summed E-state index contributed by atoms with van der Waals surface area (Å²) in [5, 5.41) is 0. The lowest BCUT2D eigenvalue weighted by Crippen LogP contribution is -2.41. The summed E-state index contributed by atoms with van der Waals surface area (Å²) < 4.78 is 16.7. The highest BCUT2D eigenvalue weighted by atomic mass is 35.5.